The Morgan fingerprint density at radius 2 is 1.88 bits per heavy atom. The van der Waals surface area contributed by atoms with E-state index in [1.54, 1.807) is 6.92 Å². The van der Waals surface area contributed by atoms with Gasteiger partial charge in [0.25, 0.3) is 10.0 Å². The number of pyridine rings is 1. The molecule has 0 saturated carbocycles. The summed E-state index contributed by atoms with van der Waals surface area (Å²) >= 11 is 5.49. The highest BCUT2D eigenvalue weighted by Gasteiger charge is 2.34. The van der Waals surface area contributed by atoms with E-state index in [4.69, 9.17) is 11.6 Å². The van der Waals surface area contributed by atoms with Crippen molar-refractivity contribution in [3.63, 3.8) is 0 Å². The molecule has 0 fully saturated rings. The third-order valence-corrected chi connectivity index (χ3v) is 4.85. The third-order valence-electron chi connectivity index (χ3n) is 3.16. The highest BCUT2D eigenvalue weighted by molar-refractivity contribution is 7.92. The molecule has 1 aromatic heterocycles. The lowest BCUT2D eigenvalue weighted by atomic mass is 10.2. The molecule has 0 unspecified atom stereocenters. The van der Waals surface area contributed by atoms with Gasteiger partial charge < -0.3 is 0 Å². The third kappa shape index (κ3) is 4.29. The fraction of sp³-hybridized carbons (Fsp3) is 0.200. The monoisotopic (exact) mass is 392 g/mol. The number of hydrogen-bond donors (Lipinski definition) is 1. The summed E-state index contributed by atoms with van der Waals surface area (Å²) in [5.41, 5.74) is -0.962. The van der Waals surface area contributed by atoms with E-state index in [-0.39, 0.29) is 11.4 Å². The zero-order valence-electron chi connectivity index (χ0n) is 13.0. The molecule has 1 N–H and O–H groups in total. The molecule has 2 aromatic rings. The number of alkyl halides is 3. The van der Waals surface area contributed by atoms with Gasteiger partial charge in [0.2, 0.25) is 0 Å². The van der Waals surface area contributed by atoms with Crippen LogP contribution in [0, 0.1) is 6.92 Å². The van der Waals surface area contributed by atoms with E-state index >= 15 is 0 Å². The SMILES string of the molecule is CC(=O)c1ncc(C)cc1NS(=O)(=O)c1ccc(Cl)c(C(F)(F)F)c1. The van der Waals surface area contributed by atoms with Gasteiger partial charge in [-0.25, -0.2) is 8.42 Å². The molecule has 134 valence electrons. The second-order valence-electron chi connectivity index (χ2n) is 5.21. The van der Waals surface area contributed by atoms with Crippen LogP contribution in [-0.2, 0) is 16.2 Å². The first-order valence-corrected chi connectivity index (χ1v) is 8.65. The summed E-state index contributed by atoms with van der Waals surface area (Å²) in [6.07, 6.45) is -3.43. The summed E-state index contributed by atoms with van der Waals surface area (Å²) in [6, 6.07) is 3.58. The first kappa shape index (κ1) is 19.2. The average Bonchev–Trinajstić information content (AvgIpc) is 2.45. The van der Waals surface area contributed by atoms with Crippen molar-refractivity contribution >= 4 is 33.1 Å². The molecule has 2 rings (SSSR count). The number of aromatic nitrogens is 1. The Bertz CT molecular complexity index is 944. The van der Waals surface area contributed by atoms with Crippen molar-refractivity contribution in [2.45, 2.75) is 24.9 Å². The molecule has 5 nitrogen and oxygen atoms in total. The predicted octanol–water partition coefficient (Wildman–Crippen LogP) is 4.07. The van der Waals surface area contributed by atoms with Crippen molar-refractivity contribution in [2.75, 3.05) is 4.72 Å². The molecule has 0 aliphatic heterocycles. The first-order valence-electron chi connectivity index (χ1n) is 6.79. The van der Waals surface area contributed by atoms with E-state index in [9.17, 15) is 26.4 Å². The highest BCUT2D eigenvalue weighted by atomic mass is 35.5. The Balaban J connectivity index is 2.51. The fourth-order valence-electron chi connectivity index (χ4n) is 2.02. The second-order valence-corrected chi connectivity index (χ2v) is 7.30. The molecule has 0 amide bonds. The number of sulfonamides is 1. The molecule has 1 heterocycles. The number of benzene rings is 1. The zero-order chi connectivity index (χ0) is 19.0. The van der Waals surface area contributed by atoms with Gasteiger partial charge in [0.15, 0.2) is 5.78 Å². The van der Waals surface area contributed by atoms with Gasteiger partial charge in [-0.2, -0.15) is 13.2 Å². The average molecular weight is 393 g/mol. The van der Waals surface area contributed by atoms with Gasteiger partial charge in [0, 0.05) is 13.1 Å². The molecule has 0 radical (unpaired) electrons. The number of halogens is 4. The number of nitrogens with one attached hydrogen (secondary N) is 1. The highest BCUT2D eigenvalue weighted by Crippen LogP contribution is 2.36. The van der Waals surface area contributed by atoms with Gasteiger partial charge in [-0.1, -0.05) is 11.6 Å². The maximum atomic E-state index is 12.9. The predicted molar refractivity (Wildman–Crippen MR) is 86.2 cm³/mol. The van der Waals surface area contributed by atoms with Gasteiger partial charge in [-0.15, -0.1) is 0 Å². The van der Waals surface area contributed by atoms with Crippen molar-refractivity contribution in [3.8, 4) is 0 Å². The summed E-state index contributed by atoms with van der Waals surface area (Å²) < 4.78 is 65.7. The molecule has 0 atom stereocenters. The number of aryl methyl sites for hydroxylation is 1. The van der Waals surface area contributed by atoms with Crippen LogP contribution in [-0.4, -0.2) is 19.2 Å². The summed E-state index contributed by atoms with van der Waals surface area (Å²) in [7, 11) is -4.39. The molecule has 1 aromatic carbocycles. The Morgan fingerprint density at radius 1 is 1.24 bits per heavy atom. The number of carbonyl (C=O) groups is 1. The van der Waals surface area contributed by atoms with Crippen LogP contribution in [0.5, 0.6) is 0 Å². The normalized spacial score (nSPS) is 12.1. The number of nitrogens with zero attached hydrogens (tertiary/aromatic N) is 1. The van der Waals surface area contributed by atoms with Crippen molar-refractivity contribution in [3.05, 3.63) is 52.3 Å². The minimum absolute atomic E-state index is 0.115. The van der Waals surface area contributed by atoms with Crippen molar-refractivity contribution in [1.82, 2.24) is 4.98 Å². The van der Waals surface area contributed by atoms with Crippen LogP contribution < -0.4 is 4.72 Å². The van der Waals surface area contributed by atoms with Gasteiger partial charge in [0.05, 0.1) is 21.2 Å². The van der Waals surface area contributed by atoms with Crippen LogP contribution in [0.4, 0.5) is 18.9 Å². The van der Waals surface area contributed by atoms with Crippen LogP contribution in [0.2, 0.25) is 5.02 Å². The van der Waals surface area contributed by atoms with Crippen LogP contribution >= 0.6 is 11.6 Å². The summed E-state index contributed by atoms with van der Waals surface area (Å²) in [5.74, 6) is -0.496. The quantitative estimate of drug-likeness (QED) is 0.796. The molecule has 10 heteroatoms. The molecule has 25 heavy (non-hydrogen) atoms. The Labute approximate surface area is 146 Å². The number of rotatable bonds is 4. The minimum Gasteiger partial charge on any atom is -0.293 e. The number of anilines is 1. The summed E-state index contributed by atoms with van der Waals surface area (Å²) in [4.78, 5) is 14.8. The number of carbonyl (C=O) groups excluding carboxylic acids is 1. The lowest BCUT2D eigenvalue weighted by Crippen LogP contribution is -2.17. The van der Waals surface area contributed by atoms with Crippen LogP contribution in [0.3, 0.4) is 0 Å². The van der Waals surface area contributed by atoms with E-state index in [1.165, 1.54) is 19.2 Å². The first-order chi connectivity index (χ1) is 11.4. The van der Waals surface area contributed by atoms with E-state index in [0.29, 0.717) is 11.6 Å². The second kappa shape index (κ2) is 6.64. The molecule has 0 spiro atoms. The number of hydrogen-bond acceptors (Lipinski definition) is 4. The molecule has 0 aliphatic carbocycles. The maximum absolute atomic E-state index is 12.9. The standard InChI is InChI=1S/C15H12ClF3N2O3S/c1-8-5-13(14(9(2)22)20-7-8)21-25(23,24)10-3-4-12(16)11(6-10)15(17,18)19/h3-7,21H,1-2H3. The maximum Gasteiger partial charge on any atom is 0.417 e. The Kier molecular flexibility index (Phi) is 5.10. The van der Waals surface area contributed by atoms with E-state index in [1.807, 2.05) is 0 Å². The Morgan fingerprint density at radius 3 is 2.44 bits per heavy atom. The van der Waals surface area contributed by atoms with Crippen LogP contribution in [0.1, 0.15) is 28.5 Å². The molecular formula is C15H12ClF3N2O3S. The number of ketones is 1. The molecule has 0 aliphatic rings. The van der Waals surface area contributed by atoms with Crippen molar-refractivity contribution < 1.29 is 26.4 Å². The molecule has 0 bridgehead atoms. The van der Waals surface area contributed by atoms with Crippen LogP contribution in [0.15, 0.2) is 35.4 Å². The van der Waals surface area contributed by atoms with Crippen molar-refractivity contribution in [1.29, 1.82) is 0 Å². The van der Waals surface area contributed by atoms with Crippen molar-refractivity contribution in [2.24, 2.45) is 0 Å². The van der Waals surface area contributed by atoms with Gasteiger partial charge in [-0.05, 0) is 36.8 Å². The topological polar surface area (TPSA) is 76.1 Å². The van der Waals surface area contributed by atoms with E-state index in [0.717, 1.165) is 12.1 Å². The minimum atomic E-state index is -4.81. The fourth-order valence-corrected chi connectivity index (χ4v) is 3.33. The summed E-state index contributed by atoms with van der Waals surface area (Å²) in [5, 5.41) is -0.618. The molecular weight excluding hydrogens is 381 g/mol. The summed E-state index contributed by atoms with van der Waals surface area (Å²) in [6.45, 7) is 2.82. The number of Topliss-reactive ketones (excluding diaryl/α,β-unsaturated/α-hetero) is 1. The smallest absolute Gasteiger partial charge is 0.293 e. The Hall–Kier alpha value is -2.13. The zero-order valence-corrected chi connectivity index (χ0v) is 14.6. The largest absolute Gasteiger partial charge is 0.417 e. The van der Waals surface area contributed by atoms with Gasteiger partial charge in [0.1, 0.15) is 5.69 Å². The van der Waals surface area contributed by atoms with Gasteiger partial charge in [-0.3, -0.25) is 14.5 Å². The van der Waals surface area contributed by atoms with E-state index in [2.05, 4.69) is 9.71 Å². The lowest BCUT2D eigenvalue weighted by molar-refractivity contribution is -0.137. The lowest BCUT2D eigenvalue weighted by Gasteiger charge is -2.14. The van der Waals surface area contributed by atoms with Crippen LogP contribution in [0.25, 0.3) is 0 Å². The van der Waals surface area contributed by atoms with E-state index < -0.39 is 37.5 Å². The van der Waals surface area contributed by atoms with Gasteiger partial charge >= 0.3 is 6.18 Å². The molecule has 0 saturated heterocycles.